The standard InChI is InChI=1S/C24H24N4O4S/c1-3-31-24(30)21-16-7-4-5-9-18(16)33-23(21)26-19(29)13-28-22-20(14(2)27-28)15(10-11-25-22)17-8-6-12-32-17/h6,8,10-12H,3-5,7,9,13H2,1-2H3,(H,26,29). The van der Waals surface area contributed by atoms with Crippen molar-refractivity contribution in [3.05, 3.63) is 52.4 Å². The van der Waals surface area contributed by atoms with Crippen molar-refractivity contribution in [3.8, 4) is 11.3 Å². The number of aryl methyl sites for hydroxylation is 2. The number of nitrogens with one attached hydrogen (secondary N) is 1. The Balaban J connectivity index is 1.44. The summed E-state index contributed by atoms with van der Waals surface area (Å²) in [6.45, 7) is 3.93. The molecule has 0 bridgehead atoms. The third-order valence-electron chi connectivity index (χ3n) is 5.79. The Hall–Kier alpha value is -3.46. The van der Waals surface area contributed by atoms with E-state index in [0.717, 1.165) is 58.5 Å². The molecule has 33 heavy (non-hydrogen) atoms. The van der Waals surface area contributed by atoms with Crippen LogP contribution in [-0.4, -0.2) is 33.2 Å². The van der Waals surface area contributed by atoms with Crippen LogP contribution in [0.1, 0.15) is 46.3 Å². The summed E-state index contributed by atoms with van der Waals surface area (Å²) in [5, 5.41) is 8.91. The number of aromatic nitrogens is 3. The maximum absolute atomic E-state index is 13.0. The minimum absolute atomic E-state index is 0.0240. The van der Waals surface area contributed by atoms with Crippen LogP contribution in [0.25, 0.3) is 22.4 Å². The van der Waals surface area contributed by atoms with E-state index in [4.69, 9.17) is 9.15 Å². The molecular formula is C24H24N4O4S. The lowest BCUT2D eigenvalue weighted by Gasteiger charge is -2.12. The smallest absolute Gasteiger partial charge is 0.341 e. The van der Waals surface area contributed by atoms with E-state index in [9.17, 15) is 9.59 Å². The molecule has 0 aliphatic heterocycles. The number of carbonyl (C=O) groups is 2. The van der Waals surface area contributed by atoms with E-state index < -0.39 is 0 Å². The molecule has 0 radical (unpaired) electrons. The van der Waals surface area contributed by atoms with E-state index in [1.54, 1.807) is 24.1 Å². The molecule has 1 amide bonds. The van der Waals surface area contributed by atoms with Crippen molar-refractivity contribution in [1.82, 2.24) is 14.8 Å². The lowest BCUT2D eigenvalue weighted by atomic mass is 9.95. The SMILES string of the molecule is CCOC(=O)c1c(NC(=O)Cn2nc(C)c3c(-c4ccco4)ccnc32)sc2c1CCCC2. The second-order valence-corrected chi connectivity index (χ2v) is 9.07. The van der Waals surface area contributed by atoms with Gasteiger partial charge in [-0.05, 0) is 63.3 Å². The van der Waals surface area contributed by atoms with Crippen LogP contribution in [0.3, 0.4) is 0 Å². The van der Waals surface area contributed by atoms with Crippen LogP contribution in [0, 0.1) is 6.92 Å². The van der Waals surface area contributed by atoms with Crippen molar-refractivity contribution in [1.29, 1.82) is 0 Å². The largest absolute Gasteiger partial charge is 0.464 e. The number of pyridine rings is 1. The van der Waals surface area contributed by atoms with Gasteiger partial charge in [0.05, 0.1) is 29.5 Å². The highest BCUT2D eigenvalue weighted by Crippen LogP contribution is 2.38. The van der Waals surface area contributed by atoms with Gasteiger partial charge in [-0.3, -0.25) is 4.79 Å². The third kappa shape index (κ3) is 3.93. The highest BCUT2D eigenvalue weighted by atomic mass is 32.1. The highest BCUT2D eigenvalue weighted by molar-refractivity contribution is 7.17. The van der Waals surface area contributed by atoms with Crippen molar-refractivity contribution in [2.75, 3.05) is 11.9 Å². The first-order chi connectivity index (χ1) is 16.1. The Morgan fingerprint density at radius 3 is 2.91 bits per heavy atom. The lowest BCUT2D eigenvalue weighted by molar-refractivity contribution is -0.116. The zero-order chi connectivity index (χ0) is 22.9. The maximum Gasteiger partial charge on any atom is 0.341 e. The number of hydrogen-bond donors (Lipinski definition) is 1. The molecule has 0 aromatic carbocycles. The second-order valence-electron chi connectivity index (χ2n) is 7.96. The molecule has 0 unspecified atom stereocenters. The van der Waals surface area contributed by atoms with Crippen molar-refractivity contribution >= 4 is 39.2 Å². The van der Waals surface area contributed by atoms with Crippen molar-refractivity contribution in [2.45, 2.75) is 46.1 Å². The summed E-state index contributed by atoms with van der Waals surface area (Å²) in [5.41, 5.74) is 3.77. The first-order valence-electron chi connectivity index (χ1n) is 11.0. The number of rotatable bonds is 6. The van der Waals surface area contributed by atoms with Gasteiger partial charge < -0.3 is 14.5 Å². The minimum Gasteiger partial charge on any atom is -0.464 e. The fraction of sp³-hybridized carbons (Fsp3) is 0.333. The van der Waals surface area contributed by atoms with Crippen LogP contribution in [-0.2, 0) is 28.9 Å². The summed E-state index contributed by atoms with van der Waals surface area (Å²) in [6.07, 6.45) is 7.18. The summed E-state index contributed by atoms with van der Waals surface area (Å²) in [5.74, 6) is 0.0730. The molecule has 4 aromatic rings. The van der Waals surface area contributed by atoms with E-state index in [2.05, 4.69) is 15.4 Å². The molecule has 0 saturated carbocycles. The lowest BCUT2D eigenvalue weighted by Crippen LogP contribution is -2.21. The molecule has 4 aromatic heterocycles. The van der Waals surface area contributed by atoms with Crippen LogP contribution in [0.5, 0.6) is 0 Å². The first-order valence-corrected chi connectivity index (χ1v) is 11.9. The molecule has 9 heteroatoms. The van der Waals surface area contributed by atoms with Crippen LogP contribution >= 0.6 is 11.3 Å². The van der Waals surface area contributed by atoms with Gasteiger partial charge in [0.1, 0.15) is 17.3 Å². The van der Waals surface area contributed by atoms with Gasteiger partial charge in [0, 0.05) is 16.6 Å². The van der Waals surface area contributed by atoms with E-state index in [1.165, 1.54) is 11.3 Å². The fourth-order valence-electron chi connectivity index (χ4n) is 4.40. The average molecular weight is 465 g/mol. The number of amides is 1. The molecule has 1 N–H and O–H groups in total. The first kappa shape index (κ1) is 21.4. The highest BCUT2D eigenvalue weighted by Gasteiger charge is 2.27. The number of hydrogen-bond acceptors (Lipinski definition) is 7. The predicted octanol–water partition coefficient (Wildman–Crippen LogP) is 4.76. The molecule has 5 rings (SSSR count). The van der Waals surface area contributed by atoms with Crippen LogP contribution in [0.2, 0.25) is 0 Å². The summed E-state index contributed by atoms with van der Waals surface area (Å²) >= 11 is 1.47. The molecule has 4 heterocycles. The average Bonchev–Trinajstić information content (AvgIpc) is 3.52. The third-order valence-corrected chi connectivity index (χ3v) is 7.00. The zero-order valence-corrected chi connectivity index (χ0v) is 19.3. The van der Waals surface area contributed by atoms with Gasteiger partial charge in [-0.25, -0.2) is 14.5 Å². The van der Waals surface area contributed by atoms with Crippen LogP contribution in [0.15, 0.2) is 35.1 Å². The van der Waals surface area contributed by atoms with Gasteiger partial charge in [0.25, 0.3) is 0 Å². The Labute approximate surface area is 194 Å². The molecule has 0 atom stereocenters. The normalized spacial score (nSPS) is 13.2. The zero-order valence-electron chi connectivity index (χ0n) is 18.5. The number of furan rings is 1. The Kier molecular flexibility index (Phi) is 5.72. The quantitative estimate of drug-likeness (QED) is 0.413. The Bertz CT molecular complexity index is 1340. The summed E-state index contributed by atoms with van der Waals surface area (Å²) in [6, 6.07) is 5.59. The van der Waals surface area contributed by atoms with Crippen molar-refractivity contribution in [2.24, 2.45) is 0 Å². The maximum atomic E-state index is 13.0. The molecule has 0 spiro atoms. The van der Waals surface area contributed by atoms with Crippen molar-refractivity contribution < 1.29 is 18.7 Å². The number of carbonyl (C=O) groups excluding carboxylic acids is 2. The second kappa shape index (κ2) is 8.82. The predicted molar refractivity (Wildman–Crippen MR) is 126 cm³/mol. The van der Waals surface area contributed by atoms with Crippen molar-refractivity contribution in [3.63, 3.8) is 0 Å². The van der Waals surface area contributed by atoms with Gasteiger partial charge >= 0.3 is 5.97 Å². The number of fused-ring (bicyclic) bond motifs is 2. The monoisotopic (exact) mass is 464 g/mol. The summed E-state index contributed by atoms with van der Waals surface area (Å²) in [4.78, 5) is 31.3. The topological polar surface area (TPSA) is 99.2 Å². The number of esters is 1. The van der Waals surface area contributed by atoms with E-state index in [0.29, 0.717) is 22.8 Å². The number of nitrogens with zero attached hydrogens (tertiary/aromatic N) is 3. The van der Waals surface area contributed by atoms with Crippen LogP contribution in [0.4, 0.5) is 5.00 Å². The fourth-order valence-corrected chi connectivity index (χ4v) is 5.70. The summed E-state index contributed by atoms with van der Waals surface area (Å²) in [7, 11) is 0. The summed E-state index contributed by atoms with van der Waals surface area (Å²) < 4.78 is 12.4. The number of anilines is 1. The minimum atomic E-state index is -0.377. The van der Waals surface area contributed by atoms with Crippen LogP contribution < -0.4 is 5.32 Å². The number of ether oxygens (including phenoxy) is 1. The Morgan fingerprint density at radius 2 is 2.12 bits per heavy atom. The van der Waals surface area contributed by atoms with E-state index in [-0.39, 0.29) is 18.4 Å². The van der Waals surface area contributed by atoms with E-state index in [1.807, 2.05) is 25.1 Å². The van der Waals surface area contributed by atoms with Gasteiger partial charge in [-0.2, -0.15) is 5.10 Å². The molecule has 1 aliphatic rings. The molecule has 170 valence electrons. The molecule has 0 saturated heterocycles. The molecule has 8 nitrogen and oxygen atoms in total. The van der Waals surface area contributed by atoms with Gasteiger partial charge in [0.15, 0.2) is 5.65 Å². The van der Waals surface area contributed by atoms with Gasteiger partial charge in [0.2, 0.25) is 5.91 Å². The molecule has 0 fully saturated rings. The number of thiophene rings is 1. The molecule has 1 aliphatic carbocycles. The van der Waals surface area contributed by atoms with Gasteiger partial charge in [-0.15, -0.1) is 11.3 Å². The molecular weight excluding hydrogens is 440 g/mol. The Morgan fingerprint density at radius 1 is 1.27 bits per heavy atom. The van der Waals surface area contributed by atoms with Gasteiger partial charge in [-0.1, -0.05) is 0 Å². The van der Waals surface area contributed by atoms with E-state index >= 15 is 0 Å².